The summed E-state index contributed by atoms with van der Waals surface area (Å²) in [6, 6.07) is 0.152. The number of nitrogens with zero attached hydrogens (tertiary/aromatic N) is 3. The van der Waals surface area contributed by atoms with Gasteiger partial charge in [0.1, 0.15) is 0 Å². The number of ether oxygens (including phenoxy) is 2. The van der Waals surface area contributed by atoms with Gasteiger partial charge in [-0.05, 0) is 5.16 Å². The highest BCUT2D eigenvalue weighted by Gasteiger charge is 2.10. The lowest BCUT2D eigenvalue weighted by Crippen LogP contribution is -2.03. The van der Waals surface area contributed by atoms with Gasteiger partial charge in [0.05, 0.1) is 20.4 Å². The Balaban J connectivity index is 2.32. The minimum atomic E-state index is -0.674. The van der Waals surface area contributed by atoms with Crippen molar-refractivity contribution in [2.24, 2.45) is 0 Å². The lowest BCUT2D eigenvalue weighted by molar-refractivity contribution is 0.371. The molecule has 9 heteroatoms. The molecular formula is C8H9N5O4. The van der Waals surface area contributed by atoms with Crippen LogP contribution in [0.25, 0.3) is 0 Å². The van der Waals surface area contributed by atoms with Crippen molar-refractivity contribution in [3.05, 3.63) is 16.7 Å². The molecule has 17 heavy (non-hydrogen) atoms. The average molecular weight is 239 g/mol. The summed E-state index contributed by atoms with van der Waals surface area (Å²) in [4.78, 5) is 20.9. The predicted molar refractivity (Wildman–Crippen MR) is 55.5 cm³/mol. The lowest BCUT2D eigenvalue weighted by atomic mass is 10.5. The molecule has 0 saturated carbocycles. The molecule has 0 unspecified atom stereocenters. The zero-order valence-corrected chi connectivity index (χ0v) is 9.05. The first-order chi connectivity index (χ1) is 8.22. The maximum Gasteiger partial charge on any atom is 0.440 e. The van der Waals surface area contributed by atoms with E-state index in [1.165, 1.54) is 20.4 Å². The van der Waals surface area contributed by atoms with Crippen molar-refractivity contribution in [2.45, 2.75) is 0 Å². The van der Waals surface area contributed by atoms with E-state index in [0.29, 0.717) is 11.6 Å². The lowest BCUT2D eigenvalue weighted by Gasteiger charge is -2.07. The number of nitrogens with one attached hydrogen (secondary N) is 2. The maximum atomic E-state index is 10.7. The van der Waals surface area contributed by atoms with Crippen LogP contribution < -0.4 is 20.5 Å². The first kappa shape index (κ1) is 10.9. The van der Waals surface area contributed by atoms with Crippen LogP contribution in [0.15, 0.2) is 15.5 Å². The molecule has 0 amide bonds. The summed E-state index contributed by atoms with van der Waals surface area (Å²) in [6.07, 6.45) is 1.42. The van der Waals surface area contributed by atoms with Gasteiger partial charge in [-0.1, -0.05) is 0 Å². The van der Waals surface area contributed by atoms with Gasteiger partial charge in [-0.25, -0.2) is 4.79 Å². The molecule has 90 valence electrons. The van der Waals surface area contributed by atoms with Crippen molar-refractivity contribution in [1.82, 2.24) is 20.1 Å². The van der Waals surface area contributed by atoms with Crippen LogP contribution in [0.1, 0.15) is 0 Å². The largest absolute Gasteiger partial charge is 0.491 e. The highest BCUT2D eigenvalue weighted by Crippen LogP contribution is 2.24. The molecule has 0 saturated heterocycles. The molecule has 0 fully saturated rings. The number of hydrogen-bond acceptors (Lipinski definition) is 8. The first-order valence-electron chi connectivity index (χ1n) is 4.51. The molecule has 9 nitrogen and oxygen atoms in total. The third kappa shape index (κ3) is 2.33. The molecule has 0 aliphatic heterocycles. The van der Waals surface area contributed by atoms with Crippen LogP contribution in [0, 0.1) is 0 Å². The zero-order chi connectivity index (χ0) is 12.3. The Labute approximate surface area is 94.8 Å². The van der Waals surface area contributed by atoms with Crippen LogP contribution in [0.5, 0.6) is 11.8 Å². The van der Waals surface area contributed by atoms with Crippen molar-refractivity contribution < 1.29 is 14.0 Å². The molecular weight excluding hydrogens is 230 g/mol. The molecule has 0 spiro atoms. The summed E-state index contributed by atoms with van der Waals surface area (Å²) in [5, 5.41) is 6.13. The molecule has 0 aliphatic carbocycles. The number of anilines is 2. The van der Waals surface area contributed by atoms with Crippen molar-refractivity contribution in [3.63, 3.8) is 0 Å². The quantitative estimate of drug-likeness (QED) is 0.760. The highest BCUT2D eigenvalue weighted by molar-refractivity contribution is 5.56. The minimum absolute atomic E-state index is 0.106. The van der Waals surface area contributed by atoms with E-state index in [1.54, 1.807) is 0 Å². The van der Waals surface area contributed by atoms with Crippen molar-refractivity contribution in [2.75, 3.05) is 19.5 Å². The van der Waals surface area contributed by atoms with Crippen LogP contribution in [-0.2, 0) is 0 Å². The highest BCUT2D eigenvalue weighted by atomic mass is 16.5. The Morgan fingerprint density at radius 1 is 1.41 bits per heavy atom. The minimum Gasteiger partial charge on any atom is -0.491 e. The van der Waals surface area contributed by atoms with E-state index in [1.807, 2.05) is 0 Å². The van der Waals surface area contributed by atoms with Crippen LogP contribution in [-0.4, -0.2) is 34.3 Å². The smallest absolute Gasteiger partial charge is 0.440 e. The molecule has 0 radical (unpaired) electrons. The van der Waals surface area contributed by atoms with Gasteiger partial charge in [0.2, 0.25) is 5.95 Å². The third-order valence-corrected chi connectivity index (χ3v) is 1.81. The molecule has 2 N–H and O–H groups in total. The second kappa shape index (κ2) is 4.51. The summed E-state index contributed by atoms with van der Waals surface area (Å²) in [7, 11) is 2.89. The zero-order valence-electron chi connectivity index (χ0n) is 9.05. The van der Waals surface area contributed by atoms with Crippen LogP contribution in [0.2, 0.25) is 0 Å². The number of rotatable bonds is 4. The molecule has 0 aliphatic rings. The SMILES string of the molecule is COc1ncc(OC)c(Nc2noc(=O)[nH]2)n1. The van der Waals surface area contributed by atoms with E-state index in [9.17, 15) is 4.79 Å². The Hall–Kier alpha value is -2.58. The van der Waals surface area contributed by atoms with Crippen molar-refractivity contribution in [3.8, 4) is 11.8 Å². The van der Waals surface area contributed by atoms with E-state index >= 15 is 0 Å². The fraction of sp³-hybridized carbons (Fsp3) is 0.250. The van der Waals surface area contributed by atoms with Gasteiger partial charge in [0.25, 0.3) is 0 Å². The molecule has 0 bridgehead atoms. The monoisotopic (exact) mass is 239 g/mol. The molecule has 0 atom stereocenters. The van der Waals surface area contributed by atoms with Crippen LogP contribution in [0.4, 0.5) is 11.8 Å². The Kier molecular flexibility index (Phi) is 2.90. The van der Waals surface area contributed by atoms with Gasteiger partial charge in [-0.3, -0.25) is 9.51 Å². The number of aromatic amines is 1. The number of hydrogen-bond donors (Lipinski definition) is 2. The van der Waals surface area contributed by atoms with Gasteiger partial charge in [0.15, 0.2) is 11.6 Å². The summed E-state index contributed by atoms with van der Waals surface area (Å²) in [5.41, 5.74) is 0. The van der Waals surface area contributed by atoms with E-state index in [0.717, 1.165) is 0 Å². The standard InChI is InChI=1S/C8H9N5O4/c1-15-4-3-9-7(16-2)11-5(4)10-6-12-8(14)17-13-6/h3H,1-2H3,(H2,9,10,11,12,13,14). The summed E-state index contributed by atoms with van der Waals surface area (Å²) >= 11 is 0. The molecule has 2 aromatic heterocycles. The summed E-state index contributed by atoms with van der Waals surface area (Å²) in [5.74, 6) is 0.0973. The third-order valence-electron chi connectivity index (χ3n) is 1.81. The average Bonchev–Trinajstić information content (AvgIpc) is 2.74. The molecule has 0 aromatic carbocycles. The fourth-order valence-electron chi connectivity index (χ4n) is 1.09. The van der Waals surface area contributed by atoms with Crippen molar-refractivity contribution in [1.29, 1.82) is 0 Å². The van der Waals surface area contributed by atoms with Crippen molar-refractivity contribution >= 4 is 11.8 Å². The topological polar surface area (TPSA) is 115 Å². The van der Waals surface area contributed by atoms with E-state index in [4.69, 9.17) is 9.47 Å². The van der Waals surface area contributed by atoms with Crippen LogP contribution >= 0.6 is 0 Å². The predicted octanol–water partition coefficient (Wildman–Crippen LogP) is -0.0863. The fourth-order valence-corrected chi connectivity index (χ4v) is 1.09. The van der Waals surface area contributed by atoms with Gasteiger partial charge >= 0.3 is 11.8 Å². The number of methoxy groups -OCH3 is 2. The Bertz CT molecular complexity index is 563. The summed E-state index contributed by atoms with van der Waals surface area (Å²) in [6.45, 7) is 0. The maximum absolute atomic E-state index is 10.7. The first-order valence-corrected chi connectivity index (χ1v) is 4.51. The normalized spacial score (nSPS) is 10.0. The van der Waals surface area contributed by atoms with E-state index in [-0.39, 0.29) is 12.0 Å². The molecule has 2 heterocycles. The molecule has 2 rings (SSSR count). The van der Waals surface area contributed by atoms with Gasteiger partial charge < -0.3 is 14.8 Å². The number of H-pyrrole nitrogens is 1. The van der Waals surface area contributed by atoms with Gasteiger partial charge in [-0.2, -0.15) is 9.97 Å². The Morgan fingerprint density at radius 3 is 2.82 bits per heavy atom. The van der Waals surface area contributed by atoms with E-state index < -0.39 is 5.76 Å². The van der Waals surface area contributed by atoms with E-state index in [2.05, 4.69) is 29.9 Å². The second-order valence-electron chi connectivity index (χ2n) is 2.84. The van der Waals surface area contributed by atoms with Gasteiger partial charge in [0, 0.05) is 0 Å². The van der Waals surface area contributed by atoms with Gasteiger partial charge in [-0.15, -0.1) is 0 Å². The summed E-state index contributed by atoms with van der Waals surface area (Å²) < 4.78 is 14.2. The second-order valence-corrected chi connectivity index (χ2v) is 2.84. The molecule has 2 aromatic rings. The van der Waals surface area contributed by atoms with Crippen LogP contribution in [0.3, 0.4) is 0 Å². The Morgan fingerprint density at radius 2 is 2.24 bits per heavy atom. The number of aromatic nitrogens is 4.